The van der Waals surface area contributed by atoms with E-state index in [9.17, 15) is 29.4 Å². The van der Waals surface area contributed by atoms with Crippen LogP contribution < -0.4 is 20.1 Å². The van der Waals surface area contributed by atoms with Crippen molar-refractivity contribution in [1.29, 1.82) is 0 Å². The Morgan fingerprint density at radius 2 is 0.851 bits per heavy atom. The van der Waals surface area contributed by atoms with Gasteiger partial charge in [0.2, 0.25) is 0 Å². The Morgan fingerprint density at radius 3 is 1.24 bits per heavy atom. The second-order valence-electron chi connectivity index (χ2n) is 16.5. The van der Waals surface area contributed by atoms with Gasteiger partial charge in [0.05, 0.1) is 43.7 Å². The quantitative estimate of drug-likeness (QED) is 0.0526. The predicted octanol–water partition coefficient (Wildman–Crippen LogP) is 16.4. The predicted molar refractivity (Wildman–Crippen MR) is 287 cm³/mol. The fourth-order valence-electron chi connectivity index (χ4n) is 7.55. The summed E-state index contributed by atoms with van der Waals surface area (Å²) in [6.45, 7) is 3.54. The molecule has 0 atom stereocenters. The normalized spacial score (nSPS) is 11.3. The molecular formula is C56H36Cl4N6O8. The van der Waals surface area contributed by atoms with Crippen LogP contribution in [-0.2, 0) is 0 Å². The van der Waals surface area contributed by atoms with E-state index in [1.807, 2.05) is 0 Å². The van der Waals surface area contributed by atoms with Crippen LogP contribution in [0.1, 0.15) is 52.6 Å². The van der Waals surface area contributed by atoms with Gasteiger partial charge < -0.3 is 30.3 Å². The SMILES string of the molecule is Cc1ccc(C(=O)Oc2ccc(Cl)cc2Cl)cc1N=Nc1c(O)c(C(=O)Nc2ccc(NC(=O)c3cc4ccccc4c(N=Nc4cc(C(=O)Oc5ccc(Cl)cc5Cl)ccc4C)c3O)cc2)cc2ccccc12. The van der Waals surface area contributed by atoms with Gasteiger partial charge in [0.15, 0.2) is 11.5 Å². The first-order chi connectivity index (χ1) is 35.6. The van der Waals surface area contributed by atoms with E-state index in [-0.39, 0.29) is 55.2 Å². The van der Waals surface area contributed by atoms with Crippen molar-refractivity contribution in [1.82, 2.24) is 0 Å². The van der Waals surface area contributed by atoms with Gasteiger partial charge in [-0.1, -0.05) is 107 Å². The highest BCUT2D eigenvalue weighted by Gasteiger charge is 2.22. The summed E-state index contributed by atoms with van der Waals surface area (Å²) in [6.07, 6.45) is 0. The molecule has 0 saturated heterocycles. The van der Waals surface area contributed by atoms with Crippen molar-refractivity contribution in [2.75, 3.05) is 10.6 Å². The number of aryl methyl sites for hydroxylation is 2. The number of nitrogens with one attached hydrogen (secondary N) is 2. The molecule has 0 aliphatic rings. The van der Waals surface area contributed by atoms with E-state index in [1.165, 1.54) is 48.5 Å². The molecule has 0 bridgehead atoms. The number of fused-ring (bicyclic) bond motifs is 2. The lowest BCUT2D eigenvalue weighted by molar-refractivity contribution is 0.0725. The molecule has 0 aromatic heterocycles. The first kappa shape index (κ1) is 50.3. The lowest BCUT2D eigenvalue weighted by atomic mass is 10.0. The summed E-state index contributed by atoms with van der Waals surface area (Å²) in [5.41, 5.74) is 2.68. The van der Waals surface area contributed by atoms with Crippen LogP contribution in [0.2, 0.25) is 20.1 Å². The Hall–Kier alpha value is -8.66. The number of anilines is 2. The monoisotopic (exact) mass is 1060 g/mol. The van der Waals surface area contributed by atoms with Crippen molar-refractivity contribution in [3.8, 4) is 23.0 Å². The maximum atomic E-state index is 13.8. The Balaban J connectivity index is 0.913. The molecule has 4 N–H and O–H groups in total. The number of esters is 2. The number of ether oxygens (including phenoxy) is 2. The molecule has 0 heterocycles. The van der Waals surface area contributed by atoms with Gasteiger partial charge in [0, 0.05) is 32.2 Å². The smallest absolute Gasteiger partial charge is 0.343 e. The van der Waals surface area contributed by atoms with Gasteiger partial charge in [-0.15, -0.1) is 10.2 Å². The number of benzene rings is 9. The zero-order valence-corrected chi connectivity index (χ0v) is 41.7. The third-order valence-electron chi connectivity index (χ3n) is 11.5. The summed E-state index contributed by atoms with van der Waals surface area (Å²) in [6, 6.07) is 41.6. The van der Waals surface area contributed by atoms with Crippen molar-refractivity contribution < 1.29 is 38.9 Å². The third kappa shape index (κ3) is 11.0. The zero-order chi connectivity index (χ0) is 52.2. The van der Waals surface area contributed by atoms with Crippen LogP contribution in [-0.4, -0.2) is 34.0 Å². The van der Waals surface area contributed by atoms with E-state index in [0.29, 0.717) is 65.5 Å². The van der Waals surface area contributed by atoms with E-state index < -0.39 is 35.3 Å². The standard InChI is InChI=1S/C56H36Cl4N6O8/c1-29-11-13-33(55(71)73-47-21-15-35(57)27-43(47)59)25-45(29)63-65-49-39-9-5-3-7-31(39)23-41(51(49)67)53(69)61-37-17-19-38(20-18-37)62-54(70)42-24-32-8-4-6-10-40(32)50(52(42)68)66-64-46-26-34(14-12-30(46)2)56(72)74-48-22-16-36(58)28-44(48)60/h3-28,67-68H,1-2H3,(H,61,69)(H,62,70). The Kier molecular flexibility index (Phi) is 14.7. The highest BCUT2D eigenvalue weighted by atomic mass is 35.5. The van der Waals surface area contributed by atoms with Gasteiger partial charge in [-0.05, 0) is 133 Å². The van der Waals surface area contributed by atoms with Crippen molar-refractivity contribution in [3.05, 3.63) is 211 Å². The molecule has 0 spiro atoms. The summed E-state index contributed by atoms with van der Waals surface area (Å²) >= 11 is 24.4. The number of carbonyl (C=O) groups excluding carboxylic acids is 4. The fraction of sp³-hybridized carbons (Fsp3) is 0.0357. The Labute approximate surface area is 441 Å². The summed E-state index contributed by atoms with van der Waals surface area (Å²) in [4.78, 5) is 53.9. The van der Waals surface area contributed by atoms with Gasteiger partial charge in [0.25, 0.3) is 11.8 Å². The first-order valence-electron chi connectivity index (χ1n) is 22.2. The van der Waals surface area contributed by atoms with Crippen LogP contribution in [0.4, 0.5) is 34.1 Å². The molecule has 14 nitrogen and oxygen atoms in total. The molecule has 9 aromatic rings. The molecule has 0 aliphatic heterocycles. The Bertz CT molecular complexity index is 3580. The molecule has 2 amide bonds. The van der Waals surface area contributed by atoms with E-state index in [4.69, 9.17) is 55.9 Å². The number of amides is 2. The molecule has 0 unspecified atom stereocenters. The molecular weight excluding hydrogens is 1030 g/mol. The van der Waals surface area contributed by atoms with Gasteiger partial charge in [-0.2, -0.15) is 10.2 Å². The van der Waals surface area contributed by atoms with E-state index in [1.54, 1.807) is 123 Å². The van der Waals surface area contributed by atoms with Crippen LogP contribution in [0.5, 0.6) is 23.0 Å². The summed E-state index contributed by atoms with van der Waals surface area (Å²) in [7, 11) is 0. The molecule has 0 aliphatic carbocycles. The van der Waals surface area contributed by atoms with Crippen LogP contribution in [0.3, 0.4) is 0 Å². The number of halogens is 4. The third-order valence-corrected chi connectivity index (χ3v) is 12.5. The molecule has 9 rings (SSSR count). The fourth-order valence-corrected chi connectivity index (χ4v) is 8.44. The lowest BCUT2D eigenvalue weighted by Gasteiger charge is -2.13. The number of phenolic OH excluding ortho intramolecular Hbond substituents is 2. The number of phenols is 2. The highest BCUT2D eigenvalue weighted by Crippen LogP contribution is 2.42. The lowest BCUT2D eigenvalue weighted by Crippen LogP contribution is -2.13. The van der Waals surface area contributed by atoms with Gasteiger partial charge in [-0.25, -0.2) is 9.59 Å². The largest absolute Gasteiger partial charge is 0.505 e. The number of aromatic hydroxyl groups is 2. The maximum absolute atomic E-state index is 13.8. The summed E-state index contributed by atoms with van der Waals surface area (Å²) in [5, 5.41) is 49.5. The van der Waals surface area contributed by atoms with E-state index in [2.05, 4.69) is 31.1 Å². The summed E-state index contributed by atoms with van der Waals surface area (Å²) < 4.78 is 11.0. The Morgan fingerprint density at radius 1 is 0.459 bits per heavy atom. The average molecular weight is 1060 g/mol. The average Bonchev–Trinajstić information content (AvgIpc) is 3.38. The van der Waals surface area contributed by atoms with E-state index in [0.717, 1.165) is 0 Å². The van der Waals surface area contributed by atoms with E-state index >= 15 is 0 Å². The number of hydrogen-bond acceptors (Lipinski definition) is 12. The number of rotatable bonds is 12. The zero-order valence-electron chi connectivity index (χ0n) is 38.7. The molecule has 0 fully saturated rings. The van der Waals surface area contributed by atoms with Crippen LogP contribution in [0, 0.1) is 13.8 Å². The highest BCUT2D eigenvalue weighted by molar-refractivity contribution is 6.36. The van der Waals surface area contributed by atoms with Crippen molar-refractivity contribution in [2.24, 2.45) is 20.5 Å². The van der Waals surface area contributed by atoms with Gasteiger partial charge in [0.1, 0.15) is 22.9 Å². The molecule has 18 heteroatoms. The van der Waals surface area contributed by atoms with Crippen LogP contribution in [0.15, 0.2) is 178 Å². The maximum Gasteiger partial charge on any atom is 0.343 e. The summed E-state index contributed by atoms with van der Waals surface area (Å²) in [5.74, 6) is -3.40. The second-order valence-corrected chi connectivity index (χ2v) is 18.2. The minimum atomic E-state index is -0.702. The molecule has 9 aromatic carbocycles. The van der Waals surface area contributed by atoms with Crippen molar-refractivity contribution in [2.45, 2.75) is 13.8 Å². The van der Waals surface area contributed by atoms with Crippen molar-refractivity contribution in [3.63, 3.8) is 0 Å². The topological polar surface area (TPSA) is 201 Å². The van der Waals surface area contributed by atoms with Crippen LogP contribution in [0.25, 0.3) is 21.5 Å². The van der Waals surface area contributed by atoms with Gasteiger partial charge in [-0.3, -0.25) is 9.59 Å². The molecule has 74 heavy (non-hydrogen) atoms. The number of hydrogen-bond donors (Lipinski definition) is 4. The second kappa shape index (κ2) is 21.6. The number of nitrogens with zero attached hydrogens (tertiary/aromatic N) is 4. The first-order valence-corrected chi connectivity index (χ1v) is 23.7. The van der Waals surface area contributed by atoms with Crippen LogP contribution >= 0.6 is 46.4 Å². The molecule has 0 radical (unpaired) electrons. The van der Waals surface area contributed by atoms with Crippen molar-refractivity contribution >= 4 is 126 Å². The minimum Gasteiger partial charge on any atom is -0.505 e. The molecule has 0 saturated carbocycles. The molecule has 366 valence electrons. The number of carbonyl (C=O) groups is 4. The van der Waals surface area contributed by atoms with Gasteiger partial charge >= 0.3 is 11.9 Å². The number of azo groups is 2. The minimum absolute atomic E-state index is 0.0106.